The van der Waals surface area contributed by atoms with Gasteiger partial charge in [0.25, 0.3) is 0 Å². The van der Waals surface area contributed by atoms with Crippen LogP contribution in [0, 0.1) is 0 Å². The van der Waals surface area contributed by atoms with Gasteiger partial charge in [0.05, 0.1) is 11.7 Å². The highest BCUT2D eigenvalue weighted by Crippen LogP contribution is 2.32. The molecule has 0 aliphatic heterocycles. The number of hydrogen-bond acceptors (Lipinski definition) is 1. The van der Waals surface area contributed by atoms with E-state index in [2.05, 4.69) is 13.0 Å². The predicted octanol–water partition coefficient (Wildman–Crippen LogP) is 5.07. The van der Waals surface area contributed by atoms with Crippen molar-refractivity contribution in [2.45, 2.75) is 44.9 Å². The molecular formula is C16H19F3O. The van der Waals surface area contributed by atoms with Gasteiger partial charge in [-0.3, -0.25) is 0 Å². The molecule has 1 aromatic carbocycles. The zero-order valence-corrected chi connectivity index (χ0v) is 11.5. The van der Waals surface area contributed by atoms with Gasteiger partial charge in [0.1, 0.15) is 0 Å². The minimum Gasteiger partial charge on any atom is -0.378 e. The molecule has 1 nitrogen and oxygen atoms in total. The summed E-state index contributed by atoms with van der Waals surface area (Å²) in [5.41, 5.74) is 1.41. The van der Waals surface area contributed by atoms with E-state index in [9.17, 15) is 13.2 Å². The van der Waals surface area contributed by atoms with Crippen LogP contribution in [0.2, 0.25) is 0 Å². The summed E-state index contributed by atoms with van der Waals surface area (Å²) >= 11 is 0. The second-order valence-electron chi connectivity index (χ2n) is 5.07. The van der Waals surface area contributed by atoms with E-state index in [0.717, 1.165) is 55.6 Å². The summed E-state index contributed by atoms with van der Waals surface area (Å²) in [6.07, 6.45) is 1.73. The molecule has 1 unspecified atom stereocenters. The van der Waals surface area contributed by atoms with Crippen molar-refractivity contribution in [2.24, 2.45) is 0 Å². The van der Waals surface area contributed by atoms with Crippen LogP contribution in [0.4, 0.5) is 13.2 Å². The standard InChI is InChI=1S/C16H19F3O/c1-2-11-20-15-9-5-13(6-10-15)12-3-7-14(8-4-12)16(17,18)19/h3-5,7-8,15H,2,6,9-11H2,1H3. The van der Waals surface area contributed by atoms with Gasteiger partial charge in [0, 0.05) is 6.61 Å². The maximum Gasteiger partial charge on any atom is 0.416 e. The zero-order valence-electron chi connectivity index (χ0n) is 11.5. The molecule has 4 heteroatoms. The number of benzene rings is 1. The van der Waals surface area contributed by atoms with Crippen molar-refractivity contribution < 1.29 is 17.9 Å². The minimum absolute atomic E-state index is 0.258. The maximum atomic E-state index is 12.5. The molecule has 0 spiro atoms. The Bertz CT molecular complexity index is 460. The van der Waals surface area contributed by atoms with Gasteiger partial charge in [-0.2, -0.15) is 13.2 Å². The van der Waals surface area contributed by atoms with E-state index in [-0.39, 0.29) is 6.10 Å². The Hall–Kier alpha value is -1.29. The average Bonchev–Trinajstić information content (AvgIpc) is 2.45. The van der Waals surface area contributed by atoms with E-state index in [1.165, 1.54) is 0 Å². The molecule has 0 bridgehead atoms. The molecule has 0 aromatic heterocycles. The summed E-state index contributed by atoms with van der Waals surface area (Å²) in [7, 11) is 0. The van der Waals surface area contributed by atoms with Crippen molar-refractivity contribution in [3.8, 4) is 0 Å². The Morgan fingerprint density at radius 1 is 1.20 bits per heavy atom. The molecule has 0 fully saturated rings. The molecule has 1 aliphatic rings. The summed E-state index contributed by atoms with van der Waals surface area (Å²) in [6, 6.07) is 5.41. The van der Waals surface area contributed by atoms with Crippen LogP contribution in [0.5, 0.6) is 0 Å². The monoisotopic (exact) mass is 284 g/mol. The third kappa shape index (κ3) is 3.85. The van der Waals surface area contributed by atoms with Crippen molar-refractivity contribution >= 4 is 5.57 Å². The van der Waals surface area contributed by atoms with Gasteiger partial charge >= 0.3 is 6.18 Å². The van der Waals surface area contributed by atoms with Gasteiger partial charge in [-0.05, 0) is 49.0 Å². The highest BCUT2D eigenvalue weighted by molar-refractivity contribution is 5.66. The highest BCUT2D eigenvalue weighted by Gasteiger charge is 2.30. The minimum atomic E-state index is -4.27. The Morgan fingerprint density at radius 2 is 1.90 bits per heavy atom. The van der Waals surface area contributed by atoms with Crippen LogP contribution in [0.25, 0.3) is 5.57 Å². The van der Waals surface area contributed by atoms with Gasteiger partial charge in [0.2, 0.25) is 0 Å². The van der Waals surface area contributed by atoms with E-state index >= 15 is 0 Å². The SMILES string of the molecule is CCCOC1CC=C(c2ccc(C(F)(F)F)cc2)CC1. The van der Waals surface area contributed by atoms with Crippen LogP contribution in [0.15, 0.2) is 30.3 Å². The van der Waals surface area contributed by atoms with Crippen LogP contribution >= 0.6 is 0 Å². The maximum absolute atomic E-state index is 12.5. The number of allylic oxidation sites excluding steroid dienone is 1. The molecule has 0 saturated carbocycles. The van der Waals surface area contributed by atoms with E-state index < -0.39 is 11.7 Å². The van der Waals surface area contributed by atoms with Crippen molar-refractivity contribution in [1.82, 2.24) is 0 Å². The number of hydrogen-bond donors (Lipinski definition) is 0. The Morgan fingerprint density at radius 3 is 2.40 bits per heavy atom. The smallest absolute Gasteiger partial charge is 0.378 e. The molecule has 0 N–H and O–H groups in total. The first-order valence-electron chi connectivity index (χ1n) is 6.99. The molecule has 0 heterocycles. The topological polar surface area (TPSA) is 9.23 Å². The summed E-state index contributed by atoms with van der Waals surface area (Å²) in [5.74, 6) is 0. The fraction of sp³-hybridized carbons (Fsp3) is 0.500. The van der Waals surface area contributed by atoms with E-state index in [4.69, 9.17) is 4.74 Å². The first-order valence-corrected chi connectivity index (χ1v) is 6.99. The predicted molar refractivity (Wildman–Crippen MR) is 73.3 cm³/mol. The third-order valence-corrected chi connectivity index (χ3v) is 3.50. The van der Waals surface area contributed by atoms with E-state index in [1.807, 2.05) is 0 Å². The van der Waals surface area contributed by atoms with Crippen LogP contribution in [-0.2, 0) is 10.9 Å². The van der Waals surface area contributed by atoms with Gasteiger partial charge < -0.3 is 4.74 Å². The zero-order chi connectivity index (χ0) is 14.6. The molecular weight excluding hydrogens is 265 g/mol. The van der Waals surface area contributed by atoms with Crippen LogP contribution in [-0.4, -0.2) is 12.7 Å². The second kappa shape index (κ2) is 6.44. The second-order valence-corrected chi connectivity index (χ2v) is 5.07. The van der Waals surface area contributed by atoms with Gasteiger partial charge in [-0.1, -0.05) is 25.1 Å². The van der Waals surface area contributed by atoms with E-state index in [1.54, 1.807) is 12.1 Å². The normalized spacial score (nSPS) is 19.8. The number of rotatable bonds is 4. The fourth-order valence-electron chi connectivity index (χ4n) is 2.38. The molecule has 1 aromatic rings. The molecule has 2 rings (SSSR count). The molecule has 1 aliphatic carbocycles. The van der Waals surface area contributed by atoms with Crippen molar-refractivity contribution in [3.63, 3.8) is 0 Å². The van der Waals surface area contributed by atoms with Crippen LogP contribution < -0.4 is 0 Å². The number of alkyl halides is 3. The van der Waals surface area contributed by atoms with Crippen molar-refractivity contribution in [1.29, 1.82) is 0 Å². The van der Waals surface area contributed by atoms with Crippen molar-refractivity contribution in [2.75, 3.05) is 6.61 Å². The molecule has 20 heavy (non-hydrogen) atoms. The summed E-state index contributed by atoms with van der Waals surface area (Å²) in [6.45, 7) is 2.85. The lowest BCUT2D eigenvalue weighted by Gasteiger charge is -2.22. The number of halogens is 3. The molecule has 1 atom stereocenters. The third-order valence-electron chi connectivity index (χ3n) is 3.50. The van der Waals surface area contributed by atoms with Crippen molar-refractivity contribution in [3.05, 3.63) is 41.5 Å². The van der Waals surface area contributed by atoms with Gasteiger partial charge in [-0.25, -0.2) is 0 Å². The van der Waals surface area contributed by atoms with Crippen LogP contribution in [0.3, 0.4) is 0 Å². The molecule has 0 amide bonds. The summed E-state index contributed by atoms with van der Waals surface area (Å²) < 4.78 is 43.2. The van der Waals surface area contributed by atoms with Gasteiger partial charge in [0.15, 0.2) is 0 Å². The van der Waals surface area contributed by atoms with Gasteiger partial charge in [-0.15, -0.1) is 0 Å². The molecule has 0 saturated heterocycles. The largest absolute Gasteiger partial charge is 0.416 e. The lowest BCUT2D eigenvalue weighted by molar-refractivity contribution is -0.137. The molecule has 0 radical (unpaired) electrons. The highest BCUT2D eigenvalue weighted by atomic mass is 19.4. The van der Waals surface area contributed by atoms with Crippen LogP contribution in [0.1, 0.15) is 43.7 Å². The lowest BCUT2D eigenvalue weighted by Crippen LogP contribution is -2.16. The van der Waals surface area contributed by atoms with E-state index in [0.29, 0.717) is 0 Å². The quantitative estimate of drug-likeness (QED) is 0.750. The average molecular weight is 284 g/mol. The first kappa shape index (κ1) is 15.1. The fourth-order valence-corrected chi connectivity index (χ4v) is 2.38. The summed E-state index contributed by atoms with van der Waals surface area (Å²) in [4.78, 5) is 0. The Balaban J connectivity index is 2.01. The first-order chi connectivity index (χ1) is 9.50. The Labute approximate surface area is 117 Å². The summed E-state index contributed by atoms with van der Waals surface area (Å²) in [5, 5.41) is 0. The Kier molecular flexibility index (Phi) is 4.86. The lowest BCUT2D eigenvalue weighted by atomic mass is 9.91. The molecule has 110 valence electrons. The number of ether oxygens (including phenoxy) is 1.